The van der Waals surface area contributed by atoms with Crippen LogP contribution in [0.15, 0.2) is 59.1 Å². The highest BCUT2D eigenvalue weighted by Crippen LogP contribution is 2.33. The molecule has 0 aliphatic rings. The van der Waals surface area contributed by atoms with Gasteiger partial charge in [-0.2, -0.15) is 0 Å². The molecule has 0 unspecified atom stereocenters. The molecule has 0 fully saturated rings. The number of ketones is 1. The van der Waals surface area contributed by atoms with E-state index in [2.05, 4.69) is 33.2 Å². The summed E-state index contributed by atoms with van der Waals surface area (Å²) >= 11 is 4.95. The number of carbonyl (C=O) groups excluding carboxylic acids is 2. The smallest absolute Gasteiger partial charge is 0.226 e. The molecule has 144 valence electrons. The first-order valence-electron chi connectivity index (χ1n) is 9.20. The van der Waals surface area contributed by atoms with Crippen molar-refractivity contribution in [3.8, 4) is 11.3 Å². The number of hydrogen-bond donors (Lipinski definition) is 1. The first-order chi connectivity index (χ1) is 13.6. The van der Waals surface area contributed by atoms with Gasteiger partial charge in [-0.15, -0.1) is 11.3 Å². The Kier molecular flexibility index (Phi) is 7.12. The maximum absolute atomic E-state index is 12.3. The zero-order valence-corrected chi connectivity index (χ0v) is 18.0. The third kappa shape index (κ3) is 5.36. The summed E-state index contributed by atoms with van der Waals surface area (Å²) in [6.07, 6.45) is 2.24. The van der Waals surface area contributed by atoms with Crippen LogP contribution >= 0.6 is 27.3 Å². The Bertz CT molecular complexity index is 952. The fourth-order valence-electron chi connectivity index (χ4n) is 2.81. The van der Waals surface area contributed by atoms with Gasteiger partial charge in [0, 0.05) is 33.3 Å². The molecule has 1 N–H and O–H groups in total. The molecule has 1 heterocycles. The minimum absolute atomic E-state index is 0.0305. The molecule has 3 aromatic rings. The zero-order chi connectivity index (χ0) is 19.9. The van der Waals surface area contributed by atoms with E-state index in [9.17, 15) is 9.59 Å². The molecule has 0 bridgehead atoms. The van der Waals surface area contributed by atoms with E-state index in [1.807, 2.05) is 42.5 Å². The lowest BCUT2D eigenvalue weighted by Crippen LogP contribution is -2.13. The van der Waals surface area contributed by atoms with Crippen LogP contribution in [-0.2, 0) is 11.2 Å². The van der Waals surface area contributed by atoms with E-state index in [-0.39, 0.29) is 24.5 Å². The van der Waals surface area contributed by atoms with Crippen LogP contribution in [-0.4, -0.2) is 16.7 Å². The number of nitrogens with one attached hydrogen (secondary N) is 1. The van der Waals surface area contributed by atoms with Crippen molar-refractivity contribution in [1.29, 1.82) is 0 Å². The molecule has 6 heteroatoms. The van der Waals surface area contributed by atoms with Gasteiger partial charge < -0.3 is 5.32 Å². The summed E-state index contributed by atoms with van der Waals surface area (Å²) in [5, 5.41) is 3.44. The Morgan fingerprint density at radius 1 is 1.04 bits per heavy atom. The van der Waals surface area contributed by atoms with Gasteiger partial charge in [-0.05, 0) is 18.6 Å². The Balaban J connectivity index is 1.66. The quantitative estimate of drug-likeness (QED) is 0.414. The van der Waals surface area contributed by atoms with Gasteiger partial charge in [0.2, 0.25) is 5.91 Å². The van der Waals surface area contributed by atoms with Gasteiger partial charge in [0.15, 0.2) is 10.9 Å². The summed E-state index contributed by atoms with van der Waals surface area (Å²) in [5.74, 6) is -0.222. The monoisotopic (exact) mass is 456 g/mol. The van der Waals surface area contributed by atoms with Crippen molar-refractivity contribution >= 4 is 44.1 Å². The van der Waals surface area contributed by atoms with Crippen LogP contribution in [0.1, 0.15) is 41.4 Å². The summed E-state index contributed by atoms with van der Waals surface area (Å²) in [4.78, 5) is 30.3. The number of nitrogens with zero attached hydrogens (tertiary/aromatic N) is 1. The van der Waals surface area contributed by atoms with E-state index >= 15 is 0 Å². The largest absolute Gasteiger partial charge is 0.302 e. The van der Waals surface area contributed by atoms with Crippen LogP contribution in [0.5, 0.6) is 0 Å². The standard InChI is InChI=1S/C22H21BrN2O2S/c1-2-6-19-21(16-9-11-17(23)12-10-16)25-22(28-19)24-20(27)14-13-18(26)15-7-4-3-5-8-15/h3-5,7-12H,2,6,13-14H2,1H3,(H,24,25,27). The molecule has 0 atom stereocenters. The number of amides is 1. The summed E-state index contributed by atoms with van der Waals surface area (Å²) < 4.78 is 1.01. The van der Waals surface area contributed by atoms with Gasteiger partial charge in [0.25, 0.3) is 0 Å². The average molecular weight is 457 g/mol. The lowest BCUT2D eigenvalue weighted by molar-refractivity contribution is -0.116. The number of aromatic nitrogens is 1. The van der Waals surface area contributed by atoms with Crippen molar-refractivity contribution in [3.05, 3.63) is 69.5 Å². The number of anilines is 1. The number of halogens is 1. The van der Waals surface area contributed by atoms with E-state index in [0.717, 1.165) is 33.4 Å². The first kappa shape index (κ1) is 20.4. The van der Waals surface area contributed by atoms with Crippen molar-refractivity contribution in [2.24, 2.45) is 0 Å². The van der Waals surface area contributed by atoms with E-state index < -0.39 is 0 Å². The first-order valence-corrected chi connectivity index (χ1v) is 10.8. The van der Waals surface area contributed by atoms with Crippen LogP contribution in [0.2, 0.25) is 0 Å². The molecule has 1 amide bonds. The predicted octanol–water partition coefficient (Wildman–Crippen LogP) is 6.13. The van der Waals surface area contributed by atoms with Crippen LogP contribution in [0.25, 0.3) is 11.3 Å². The molecule has 0 radical (unpaired) electrons. The molecular weight excluding hydrogens is 436 g/mol. The number of aryl methyl sites for hydroxylation is 1. The molecule has 4 nitrogen and oxygen atoms in total. The Hall–Kier alpha value is -2.31. The van der Waals surface area contributed by atoms with Crippen LogP contribution < -0.4 is 5.32 Å². The zero-order valence-electron chi connectivity index (χ0n) is 15.6. The van der Waals surface area contributed by atoms with Gasteiger partial charge in [-0.1, -0.05) is 71.7 Å². The van der Waals surface area contributed by atoms with Crippen molar-refractivity contribution < 1.29 is 9.59 Å². The maximum Gasteiger partial charge on any atom is 0.226 e. The number of carbonyl (C=O) groups is 2. The number of benzene rings is 2. The fourth-order valence-corrected chi connectivity index (χ4v) is 4.18. The fraction of sp³-hybridized carbons (Fsp3) is 0.227. The third-order valence-corrected chi connectivity index (χ3v) is 5.77. The lowest BCUT2D eigenvalue weighted by atomic mass is 10.1. The van der Waals surface area contributed by atoms with Gasteiger partial charge >= 0.3 is 0 Å². The van der Waals surface area contributed by atoms with E-state index in [1.165, 1.54) is 11.3 Å². The number of Topliss-reactive ketones (excluding diaryl/α,β-unsaturated/α-hetero) is 1. The molecule has 0 saturated heterocycles. The molecule has 0 aliphatic heterocycles. The molecule has 0 saturated carbocycles. The van der Waals surface area contributed by atoms with Crippen LogP contribution in [0.4, 0.5) is 5.13 Å². The predicted molar refractivity (Wildman–Crippen MR) is 118 cm³/mol. The summed E-state index contributed by atoms with van der Waals surface area (Å²) in [5.41, 5.74) is 2.57. The second-order valence-electron chi connectivity index (χ2n) is 6.39. The summed E-state index contributed by atoms with van der Waals surface area (Å²) in [7, 11) is 0. The Labute approximate surface area is 177 Å². The van der Waals surface area contributed by atoms with Gasteiger partial charge in [0.1, 0.15) is 0 Å². The van der Waals surface area contributed by atoms with Crippen molar-refractivity contribution in [3.63, 3.8) is 0 Å². The normalized spacial score (nSPS) is 10.6. The van der Waals surface area contributed by atoms with Crippen molar-refractivity contribution in [1.82, 2.24) is 4.98 Å². The van der Waals surface area contributed by atoms with Crippen LogP contribution in [0.3, 0.4) is 0 Å². The van der Waals surface area contributed by atoms with E-state index in [1.54, 1.807) is 12.1 Å². The van der Waals surface area contributed by atoms with E-state index in [4.69, 9.17) is 0 Å². The van der Waals surface area contributed by atoms with Crippen molar-refractivity contribution in [2.75, 3.05) is 5.32 Å². The number of rotatable bonds is 8. The number of thiazole rings is 1. The van der Waals surface area contributed by atoms with Gasteiger partial charge in [0.05, 0.1) is 5.69 Å². The minimum atomic E-state index is -0.191. The highest BCUT2D eigenvalue weighted by molar-refractivity contribution is 9.10. The summed E-state index contributed by atoms with van der Waals surface area (Å²) in [6, 6.07) is 17.0. The second-order valence-corrected chi connectivity index (χ2v) is 8.38. The second kappa shape index (κ2) is 9.75. The molecule has 2 aromatic carbocycles. The summed E-state index contributed by atoms with van der Waals surface area (Å²) in [6.45, 7) is 2.12. The molecule has 3 rings (SSSR count). The molecule has 1 aromatic heterocycles. The molecular formula is C22H21BrN2O2S. The minimum Gasteiger partial charge on any atom is -0.302 e. The Morgan fingerprint density at radius 2 is 1.75 bits per heavy atom. The number of hydrogen-bond acceptors (Lipinski definition) is 4. The van der Waals surface area contributed by atoms with Gasteiger partial charge in [-0.3, -0.25) is 9.59 Å². The van der Waals surface area contributed by atoms with Gasteiger partial charge in [-0.25, -0.2) is 4.98 Å². The van der Waals surface area contributed by atoms with E-state index in [0.29, 0.717) is 10.7 Å². The highest BCUT2D eigenvalue weighted by atomic mass is 79.9. The molecule has 28 heavy (non-hydrogen) atoms. The topological polar surface area (TPSA) is 59.1 Å². The lowest BCUT2D eigenvalue weighted by Gasteiger charge is -2.02. The highest BCUT2D eigenvalue weighted by Gasteiger charge is 2.15. The molecule has 0 aliphatic carbocycles. The van der Waals surface area contributed by atoms with Crippen LogP contribution in [0, 0.1) is 0 Å². The van der Waals surface area contributed by atoms with Crippen molar-refractivity contribution in [2.45, 2.75) is 32.6 Å². The SMILES string of the molecule is CCCc1sc(NC(=O)CCC(=O)c2ccccc2)nc1-c1ccc(Br)cc1. The Morgan fingerprint density at radius 3 is 2.43 bits per heavy atom. The maximum atomic E-state index is 12.3. The molecule has 0 spiro atoms. The average Bonchev–Trinajstić information content (AvgIpc) is 3.10. The third-order valence-electron chi connectivity index (χ3n) is 4.21.